The maximum atomic E-state index is 13.2. The maximum Gasteiger partial charge on any atom is 0.263 e. The highest BCUT2D eigenvalue weighted by atomic mass is 19.1. The molecule has 0 heterocycles. The number of nitrogens with zero attached hydrogens (tertiary/aromatic N) is 1. The van der Waals surface area contributed by atoms with E-state index in [4.69, 9.17) is 0 Å². The Hall–Kier alpha value is -3.13. The standard InChI is InChI=1S/C21H22FN3O/c1-16(24-12-11-18-8-5-9-19(22)14-18)20(15-23)21(26)25-13-10-17-6-3-2-4-7-17/h2-9,14,24H,10-13H2,1H3,(H,25,26)/b20-16-. The van der Waals surface area contributed by atoms with Gasteiger partial charge >= 0.3 is 0 Å². The van der Waals surface area contributed by atoms with Crippen molar-refractivity contribution in [3.8, 4) is 6.07 Å². The van der Waals surface area contributed by atoms with Crippen LogP contribution in [0.25, 0.3) is 0 Å². The van der Waals surface area contributed by atoms with Crippen molar-refractivity contribution in [2.45, 2.75) is 19.8 Å². The number of allylic oxidation sites excluding steroid dienone is 1. The van der Waals surface area contributed by atoms with Gasteiger partial charge in [0.2, 0.25) is 0 Å². The predicted octanol–water partition coefficient (Wildman–Crippen LogP) is 3.11. The molecule has 4 nitrogen and oxygen atoms in total. The lowest BCUT2D eigenvalue weighted by atomic mass is 10.1. The summed E-state index contributed by atoms with van der Waals surface area (Å²) in [7, 11) is 0. The van der Waals surface area contributed by atoms with E-state index in [1.807, 2.05) is 42.5 Å². The molecular weight excluding hydrogens is 329 g/mol. The van der Waals surface area contributed by atoms with Gasteiger partial charge in [-0.25, -0.2) is 4.39 Å². The van der Waals surface area contributed by atoms with Crippen LogP contribution in [-0.4, -0.2) is 19.0 Å². The Balaban J connectivity index is 1.83. The minimum atomic E-state index is -0.390. The molecule has 26 heavy (non-hydrogen) atoms. The summed E-state index contributed by atoms with van der Waals surface area (Å²) in [6.07, 6.45) is 1.31. The molecule has 5 heteroatoms. The van der Waals surface area contributed by atoms with Crippen molar-refractivity contribution < 1.29 is 9.18 Å². The Kier molecular flexibility index (Phi) is 7.38. The van der Waals surface area contributed by atoms with E-state index in [9.17, 15) is 14.4 Å². The van der Waals surface area contributed by atoms with Crippen LogP contribution >= 0.6 is 0 Å². The van der Waals surface area contributed by atoms with Gasteiger partial charge in [0.05, 0.1) is 0 Å². The number of carbonyl (C=O) groups excluding carboxylic acids is 1. The summed E-state index contributed by atoms with van der Waals surface area (Å²) < 4.78 is 13.2. The number of nitrogens with one attached hydrogen (secondary N) is 2. The van der Waals surface area contributed by atoms with Crippen LogP contribution in [0.1, 0.15) is 18.1 Å². The molecule has 0 saturated carbocycles. The van der Waals surface area contributed by atoms with Crippen LogP contribution in [0.5, 0.6) is 0 Å². The number of benzene rings is 2. The van der Waals surface area contributed by atoms with E-state index in [1.54, 1.807) is 13.0 Å². The number of nitriles is 1. The summed E-state index contributed by atoms with van der Waals surface area (Å²) in [5, 5.41) is 15.1. The fraction of sp³-hybridized carbons (Fsp3) is 0.238. The minimum Gasteiger partial charge on any atom is -0.387 e. The molecule has 1 amide bonds. The van der Waals surface area contributed by atoms with Crippen molar-refractivity contribution in [2.75, 3.05) is 13.1 Å². The van der Waals surface area contributed by atoms with E-state index >= 15 is 0 Å². The van der Waals surface area contributed by atoms with Crippen LogP contribution < -0.4 is 10.6 Å². The molecule has 2 aromatic rings. The first-order valence-electron chi connectivity index (χ1n) is 8.51. The van der Waals surface area contributed by atoms with E-state index in [2.05, 4.69) is 10.6 Å². The largest absolute Gasteiger partial charge is 0.387 e. The molecule has 0 aliphatic heterocycles. The predicted molar refractivity (Wildman–Crippen MR) is 99.6 cm³/mol. The molecule has 0 unspecified atom stereocenters. The fourth-order valence-electron chi connectivity index (χ4n) is 2.53. The zero-order valence-electron chi connectivity index (χ0n) is 14.8. The molecule has 0 aliphatic rings. The number of halogens is 1. The Morgan fingerprint density at radius 2 is 1.65 bits per heavy atom. The van der Waals surface area contributed by atoms with Gasteiger partial charge in [-0.1, -0.05) is 42.5 Å². The number of hydrogen-bond donors (Lipinski definition) is 2. The molecule has 134 valence electrons. The normalized spacial score (nSPS) is 11.3. The average Bonchev–Trinajstić information content (AvgIpc) is 2.63. The van der Waals surface area contributed by atoms with Gasteiger partial charge in [0.1, 0.15) is 17.5 Å². The Labute approximate surface area is 153 Å². The molecule has 0 aliphatic carbocycles. The Bertz CT molecular complexity index is 810. The lowest BCUT2D eigenvalue weighted by Crippen LogP contribution is -2.29. The van der Waals surface area contributed by atoms with Gasteiger partial charge in [0, 0.05) is 18.8 Å². The van der Waals surface area contributed by atoms with E-state index in [-0.39, 0.29) is 17.3 Å². The van der Waals surface area contributed by atoms with Crippen molar-refractivity contribution in [3.05, 3.63) is 82.8 Å². The van der Waals surface area contributed by atoms with Crippen LogP contribution in [0.2, 0.25) is 0 Å². The molecule has 0 radical (unpaired) electrons. The molecule has 0 saturated heterocycles. The van der Waals surface area contributed by atoms with Crippen molar-refractivity contribution in [3.63, 3.8) is 0 Å². The summed E-state index contributed by atoms with van der Waals surface area (Å²) in [5.74, 6) is -0.663. The summed E-state index contributed by atoms with van der Waals surface area (Å²) >= 11 is 0. The summed E-state index contributed by atoms with van der Waals surface area (Å²) in [4.78, 5) is 12.2. The van der Waals surface area contributed by atoms with Gasteiger partial charge in [0.25, 0.3) is 5.91 Å². The molecule has 2 aromatic carbocycles. The highest BCUT2D eigenvalue weighted by Crippen LogP contribution is 2.05. The topological polar surface area (TPSA) is 64.9 Å². The Morgan fingerprint density at radius 1 is 1.00 bits per heavy atom. The van der Waals surface area contributed by atoms with Gasteiger partial charge in [0.15, 0.2) is 0 Å². The van der Waals surface area contributed by atoms with Crippen LogP contribution in [-0.2, 0) is 17.6 Å². The van der Waals surface area contributed by atoms with E-state index < -0.39 is 0 Å². The third-order valence-electron chi connectivity index (χ3n) is 3.95. The lowest BCUT2D eigenvalue weighted by Gasteiger charge is -2.10. The highest BCUT2D eigenvalue weighted by molar-refractivity contribution is 5.97. The molecular formula is C21H22FN3O. The second kappa shape index (κ2) is 10.00. The van der Waals surface area contributed by atoms with Crippen LogP contribution in [0.15, 0.2) is 65.9 Å². The lowest BCUT2D eigenvalue weighted by molar-refractivity contribution is -0.117. The summed E-state index contributed by atoms with van der Waals surface area (Å²) in [6, 6.07) is 18.2. The second-order valence-corrected chi connectivity index (χ2v) is 5.91. The quantitative estimate of drug-likeness (QED) is 0.567. The Morgan fingerprint density at radius 3 is 2.35 bits per heavy atom. The van der Waals surface area contributed by atoms with Gasteiger partial charge in [-0.15, -0.1) is 0 Å². The molecule has 0 aromatic heterocycles. The molecule has 0 bridgehead atoms. The first-order valence-corrected chi connectivity index (χ1v) is 8.51. The first-order chi connectivity index (χ1) is 12.6. The molecule has 0 atom stereocenters. The first kappa shape index (κ1) is 19.2. The number of rotatable bonds is 8. The molecule has 0 fully saturated rings. The SMILES string of the molecule is C/C(NCCc1cccc(F)c1)=C(\C#N)C(=O)NCCc1ccccc1. The van der Waals surface area contributed by atoms with E-state index in [0.29, 0.717) is 31.6 Å². The monoisotopic (exact) mass is 351 g/mol. The summed E-state index contributed by atoms with van der Waals surface area (Å²) in [6.45, 7) is 2.67. The van der Waals surface area contributed by atoms with Crippen molar-refractivity contribution >= 4 is 5.91 Å². The third-order valence-corrected chi connectivity index (χ3v) is 3.95. The van der Waals surface area contributed by atoms with Crippen molar-refractivity contribution in [1.82, 2.24) is 10.6 Å². The summed E-state index contributed by atoms with van der Waals surface area (Å²) in [5.41, 5.74) is 2.56. The molecule has 0 spiro atoms. The number of hydrogen-bond acceptors (Lipinski definition) is 3. The van der Waals surface area contributed by atoms with E-state index in [0.717, 1.165) is 11.1 Å². The van der Waals surface area contributed by atoms with Crippen LogP contribution in [0.4, 0.5) is 4.39 Å². The number of amides is 1. The molecule has 2 rings (SSSR count). The van der Waals surface area contributed by atoms with Crippen molar-refractivity contribution in [1.29, 1.82) is 5.26 Å². The maximum absolute atomic E-state index is 13.2. The van der Waals surface area contributed by atoms with Crippen LogP contribution in [0.3, 0.4) is 0 Å². The third kappa shape index (κ3) is 6.06. The molecule has 2 N–H and O–H groups in total. The van der Waals surface area contributed by atoms with Gasteiger partial charge in [-0.05, 0) is 43.0 Å². The van der Waals surface area contributed by atoms with Crippen molar-refractivity contribution in [2.24, 2.45) is 0 Å². The zero-order chi connectivity index (χ0) is 18.8. The van der Waals surface area contributed by atoms with Gasteiger partial charge < -0.3 is 10.6 Å². The highest BCUT2D eigenvalue weighted by Gasteiger charge is 2.12. The second-order valence-electron chi connectivity index (χ2n) is 5.91. The van der Waals surface area contributed by atoms with Gasteiger partial charge in [-0.2, -0.15) is 5.26 Å². The van der Waals surface area contributed by atoms with E-state index in [1.165, 1.54) is 12.1 Å². The smallest absolute Gasteiger partial charge is 0.263 e. The zero-order valence-corrected chi connectivity index (χ0v) is 14.8. The number of carbonyl (C=O) groups is 1. The fourth-order valence-corrected chi connectivity index (χ4v) is 2.53. The minimum absolute atomic E-state index is 0.0669. The van der Waals surface area contributed by atoms with Crippen LogP contribution in [0, 0.1) is 17.1 Å². The average molecular weight is 351 g/mol. The van der Waals surface area contributed by atoms with Gasteiger partial charge in [-0.3, -0.25) is 4.79 Å².